The van der Waals surface area contributed by atoms with E-state index in [1.165, 1.54) is 0 Å². The molecule has 1 aromatic rings. The first-order chi connectivity index (χ1) is 10.3. The summed E-state index contributed by atoms with van der Waals surface area (Å²) >= 11 is 3.35. The van der Waals surface area contributed by atoms with E-state index in [1.54, 1.807) is 11.1 Å². The summed E-state index contributed by atoms with van der Waals surface area (Å²) in [7, 11) is 0. The van der Waals surface area contributed by atoms with Crippen LogP contribution in [0.3, 0.4) is 0 Å². The molecule has 1 saturated heterocycles. The summed E-state index contributed by atoms with van der Waals surface area (Å²) in [6.07, 6.45) is 3.44. The number of hydrogen-bond donors (Lipinski definition) is 0. The predicted octanol–water partition coefficient (Wildman–Crippen LogP) is 3.76. The van der Waals surface area contributed by atoms with Crippen LogP contribution in [0.2, 0.25) is 0 Å². The average molecular weight is 371 g/mol. The zero-order chi connectivity index (χ0) is 16.2. The van der Waals surface area contributed by atoms with Crippen molar-refractivity contribution >= 4 is 22.0 Å². The molecule has 0 N–H and O–H groups in total. The lowest BCUT2D eigenvalue weighted by Crippen LogP contribution is -2.45. The molecule has 2 heterocycles. The van der Waals surface area contributed by atoms with Gasteiger partial charge in [-0.1, -0.05) is 0 Å². The van der Waals surface area contributed by atoms with Crippen molar-refractivity contribution in [1.29, 1.82) is 0 Å². The van der Waals surface area contributed by atoms with Crippen LogP contribution in [0, 0.1) is 0 Å². The molecule has 0 saturated carbocycles. The van der Waals surface area contributed by atoms with Gasteiger partial charge >= 0.3 is 6.09 Å². The lowest BCUT2D eigenvalue weighted by Gasteiger charge is -2.34. The second kappa shape index (κ2) is 7.42. The first kappa shape index (κ1) is 17.2. The minimum atomic E-state index is -0.464. The van der Waals surface area contributed by atoms with Gasteiger partial charge in [0.25, 0.3) is 0 Å². The summed E-state index contributed by atoms with van der Waals surface area (Å²) < 4.78 is 12.2. The largest absolute Gasteiger partial charge is 0.444 e. The molecule has 1 atom stereocenters. The van der Waals surface area contributed by atoms with Crippen LogP contribution in [0.4, 0.5) is 4.79 Å². The molecule has 0 radical (unpaired) electrons. The Labute approximate surface area is 140 Å². The molecule has 0 aromatic carbocycles. The molecule has 1 aliphatic heterocycles. The average Bonchev–Trinajstić information content (AvgIpc) is 2.44. The Hall–Kier alpha value is -1.14. The van der Waals surface area contributed by atoms with Crippen LogP contribution in [0.15, 0.2) is 22.9 Å². The molecule has 0 bridgehead atoms. The van der Waals surface area contributed by atoms with Crippen molar-refractivity contribution in [3.63, 3.8) is 0 Å². The third-order valence-corrected chi connectivity index (χ3v) is 3.74. The van der Waals surface area contributed by atoms with Crippen LogP contribution in [-0.4, -0.2) is 40.8 Å². The van der Waals surface area contributed by atoms with Crippen LogP contribution in [0.1, 0.15) is 39.2 Å². The molecule has 1 aromatic heterocycles. The Morgan fingerprint density at radius 3 is 2.95 bits per heavy atom. The number of likely N-dealkylation sites (tertiary alicyclic amines) is 1. The lowest BCUT2D eigenvalue weighted by atomic mass is 10.1. The van der Waals surface area contributed by atoms with Gasteiger partial charge in [-0.3, -0.25) is 0 Å². The summed E-state index contributed by atoms with van der Waals surface area (Å²) in [6.45, 7) is 7.48. The molecule has 1 fully saturated rings. The molecule has 2 rings (SSSR count). The molecule has 22 heavy (non-hydrogen) atoms. The van der Waals surface area contributed by atoms with Crippen molar-refractivity contribution in [1.82, 2.24) is 9.88 Å². The number of piperidine rings is 1. The number of halogens is 1. The van der Waals surface area contributed by atoms with Crippen molar-refractivity contribution in [3.8, 4) is 0 Å². The first-order valence-corrected chi connectivity index (χ1v) is 8.33. The van der Waals surface area contributed by atoms with E-state index in [-0.39, 0.29) is 12.2 Å². The van der Waals surface area contributed by atoms with Gasteiger partial charge in [0.1, 0.15) is 10.2 Å². The molecular weight excluding hydrogens is 348 g/mol. The standard InChI is InChI=1S/C16H23BrN2O3/c1-16(2,3)22-15(20)19-8-4-5-13(10-19)21-11-12-6-7-18-14(17)9-12/h6-7,9,13H,4-5,8,10-11H2,1-3H3. The van der Waals surface area contributed by atoms with Gasteiger partial charge in [-0.05, 0) is 67.2 Å². The molecule has 122 valence electrons. The van der Waals surface area contributed by atoms with E-state index < -0.39 is 5.60 Å². The maximum Gasteiger partial charge on any atom is 0.410 e. The quantitative estimate of drug-likeness (QED) is 0.760. The highest BCUT2D eigenvalue weighted by Gasteiger charge is 2.27. The third kappa shape index (κ3) is 5.57. The highest BCUT2D eigenvalue weighted by Crippen LogP contribution is 2.18. The third-order valence-electron chi connectivity index (χ3n) is 3.31. The Kier molecular flexibility index (Phi) is 5.81. The van der Waals surface area contributed by atoms with Gasteiger partial charge in [-0.15, -0.1) is 0 Å². The van der Waals surface area contributed by atoms with E-state index in [2.05, 4.69) is 20.9 Å². The summed E-state index contributed by atoms with van der Waals surface area (Å²) in [5, 5.41) is 0. The fourth-order valence-corrected chi connectivity index (χ4v) is 2.73. The number of amides is 1. The van der Waals surface area contributed by atoms with E-state index in [4.69, 9.17) is 9.47 Å². The topological polar surface area (TPSA) is 51.7 Å². The van der Waals surface area contributed by atoms with Gasteiger partial charge in [0, 0.05) is 12.7 Å². The molecule has 1 unspecified atom stereocenters. The highest BCUT2D eigenvalue weighted by molar-refractivity contribution is 9.10. The number of nitrogens with zero attached hydrogens (tertiary/aromatic N) is 2. The van der Waals surface area contributed by atoms with E-state index in [1.807, 2.05) is 32.9 Å². The number of ether oxygens (including phenoxy) is 2. The van der Waals surface area contributed by atoms with Gasteiger partial charge in [0.05, 0.1) is 19.3 Å². The Bertz CT molecular complexity index is 516. The number of aromatic nitrogens is 1. The highest BCUT2D eigenvalue weighted by atomic mass is 79.9. The zero-order valence-electron chi connectivity index (χ0n) is 13.3. The first-order valence-electron chi connectivity index (χ1n) is 7.53. The Morgan fingerprint density at radius 1 is 1.50 bits per heavy atom. The van der Waals surface area contributed by atoms with Crippen molar-refractivity contribution in [3.05, 3.63) is 28.5 Å². The maximum atomic E-state index is 12.1. The monoisotopic (exact) mass is 370 g/mol. The smallest absolute Gasteiger partial charge is 0.410 e. The molecule has 5 nitrogen and oxygen atoms in total. The maximum absolute atomic E-state index is 12.1. The van der Waals surface area contributed by atoms with Crippen molar-refractivity contribution < 1.29 is 14.3 Å². The van der Waals surface area contributed by atoms with Gasteiger partial charge < -0.3 is 14.4 Å². The fourth-order valence-electron chi connectivity index (χ4n) is 2.31. The van der Waals surface area contributed by atoms with Crippen LogP contribution >= 0.6 is 15.9 Å². The lowest BCUT2D eigenvalue weighted by molar-refractivity contribution is -0.0259. The summed E-state index contributed by atoms with van der Waals surface area (Å²) in [6, 6.07) is 3.87. The molecule has 0 aliphatic carbocycles. The molecular formula is C16H23BrN2O3. The minimum Gasteiger partial charge on any atom is -0.444 e. The summed E-state index contributed by atoms with van der Waals surface area (Å²) in [4.78, 5) is 17.9. The van der Waals surface area contributed by atoms with Crippen LogP contribution in [0.25, 0.3) is 0 Å². The number of carbonyl (C=O) groups is 1. The van der Waals surface area contributed by atoms with Gasteiger partial charge in [0.15, 0.2) is 0 Å². The van der Waals surface area contributed by atoms with E-state index in [0.29, 0.717) is 13.2 Å². The zero-order valence-corrected chi connectivity index (χ0v) is 14.9. The van der Waals surface area contributed by atoms with Crippen LogP contribution in [0.5, 0.6) is 0 Å². The predicted molar refractivity (Wildman–Crippen MR) is 87.6 cm³/mol. The van der Waals surface area contributed by atoms with E-state index in [9.17, 15) is 4.79 Å². The van der Waals surface area contributed by atoms with Crippen LogP contribution in [-0.2, 0) is 16.1 Å². The van der Waals surface area contributed by atoms with Crippen molar-refractivity contribution in [2.45, 2.75) is 51.9 Å². The second-order valence-corrected chi connectivity index (χ2v) is 7.30. The summed E-state index contributed by atoms with van der Waals surface area (Å²) in [5.74, 6) is 0. The van der Waals surface area contributed by atoms with Crippen LogP contribution < -0.4 is 0 Å². The molecule has 0 spiro atoms. The number of pyridine rings is 1. The van der Waals surface area contributed by atoms with Gasteiger partial charge in [0.2, 0.25) is 0 Å². The normalized spacial score (nSPS) is 19.1. The SMILES string of the molecule is CC(C)(C)OC(=O)N1CCCC(OCc2ccnc(Br)c2)C1. The van der Waals surface area contributed by atoms with Gasteiger partial charge in [-0.2, -0.15) is 0 Å². The van der Waals surface area contributed by atoms with E-state index >= 15 is 0 Å². The molecule has 6 heteroatoms. The molecule has 1 amide bonds. The van der Waals surface area contributed by atoms with Crippen molar-refractivity contribution in [2.75, 3.05) is 13.1 Å². The summed E-state index contributed by atoms with van der Waals surface area (Å²) in [5.41, 5.74) is 0.602. The Morgan fingerprint density at radius 2 is 2.27 bits per heavy atom. The molecule has 1 aliphatic rings. The number of carbonyl (C=O) groups excluding carboxylic acids is 1. The van der Waals surface area contributed by atoms with Gasteiger partial charge in [-0.25, -0.2) is 9.78 Å². The second-order valence-electron chi connectivity index (χ2n) is 6.49. The Balaban J connectivity index is 1.84. The van der Waals surface area contributed by atoms with Crippen molar-refractivity contribution in [2.24, 2.45) is 0 Å². The number of hydrogen-bond acceptors (Lipinski definition) is 4. The minimum absolute atomic E-state index is 0.0493. The number of rotatable bonds is 3. The fraction of sp³-hybridized carbons (Fsp3) is 0.625. The van der Waals surface area contributed by atoms with E-state index in [0.717, 1.165) is 29.6 Å².